The zero-order chi connectivity index (χ0) is 29.6. The summed E-state index contributed by atoms with van der Waals surface area (Å²) in [4.78, 5) is 28.3. The van der Waals surface area contributed by atoms with Crippen molar-refractivity contribution in [2.24, 2.45) is 0 Å². The monoisotopic (exact) mass is 621 g/mol. The van der Waals surface area contributed by atoms with Gasteiger partial charge in [-0.2, -0.15) is 0 Å². The van der Waals surface area contributed by atoms with E-state index in [1.807, 2.05) is 24.3 Å². The molecule has 216 valence electrons. The molecule has 1 amide bonds. The molecular formula is C31H28ClN3O5S2. The molecule has 1 saturated heterocycles. The fourth-order valence-electron chi connectivity index (χ4n) is 4.41. The van der Waals surface area contributed by atoms with E-state index in [4.69, 9.17) is 21.1 Å². The summed E-state index contributed by atoms with van der Waals surface area (Å²) in [5, 5.41) is 20.8. The molecule has 5 rings (SSSR count). The SMILES string of the molecule is CCCCOc1ccc(C2/C(=C(/O)c3ccc(OC)cc3)C(=O)C(=O)N2c2nnc(SCc3ccc(Cl)cc3)s2)cc1. The molecule has 0 saturated carbocycles. The molecular weight excluding hydrogens is 594 g/mol. The van der Waals surface area contributed by atoms with Gasteiger partial charge in [-0.3, -0.25) is 14.5 Å². The lowest BCUT2D eigenvalue weighted by Crippen LogP contribution is -2.29. The number of aliphatic hydroxyl groups excluding tert-OH is 1. The van der Waals surface area contributed by atoms with Gasteiger partial charge < -0.3 is 14.6 Å². The number of aromatic nitrogens is 2. The molecule has 3 aromatic carbocycles. The number of hydrogen-bond donors (Lipinski definition) is 1. The van der Waals surface area contributed by atoms with Gasteiger partial charge >= 0.3 is 5.91 Å². The van der Waals surface area contributed by atoms with Crippen LogP contribution in [0.3, 0.4) is 0 Å². The zero-order valence-corrected chi connectivity index (χ0v) is 25.3. The Morgan fingerprint density at radius 3 is 2.36 bits per heavy atom. The van der Waals surface area contributed by atoms with Crippen LogP contribution in [0.5, 0.6) is 11.5 Å². The Morgan fingerprint density at radius 2 is 1.69 bits per heavy atom. The van der Waals surface area contributed by atoms with E-state index in [2.05, 4.69) is 17.1 Å². The average Bonchev–Trinajstić information content (AvgIpc) is 3.58. The summed E-state index contributed by atoms with van der Waals surface area (Å²) < 4.78 is 11.7. The molecule has 1 fully saturated rings. The van der Waals surface area contributed by atoms with Crippen LogP contribution >= 0.6 is 34.7 Å². The molecule has 42 heavy (non-hydrogen) atoms. The van der Waals surface area contributed by atoms with Gasteiger partial charge in [0.05, 0.1) is 25.3 Å². The van der Waals surface area contributed by atoms with Crippen LogP contribution in [0.25, 0.3) is 5.76 Å². The molecule has 1 atom stereocenters. The molecule has 4 aromatic rings. The molecule has 0 bridgehead atoms. The predicted octanol–water partition coefficient (Wildman–Crippen LogP) is 7.30. The van der Waals surface area contributed by atoms with Crippen LogP contribution in [-0.2, 0) is 15.3 Å². The highest BCUT2D eigenvalue weighted by Crippen LogP contribution is 2.44. The summed E-state index contributed by atoms with van der Waals surface area (Å²) in [6.07, 6.45) is 1.94. The van der Waals surface area contributed by atoms with Crippen molar-refractivity contribution in [1.82, 2.24) is 10.2 Å². The number of Topliss-reactive ketones (excluding diaryl/α,β-unsaturated/α-hetero) is 1. The first kappa shape index (κ1) is 29.6. The highest BCUT2D eigenvalue weighted by Gasteiger charge is 2.48. The standard InChI is InChI=1S/C31H28ClN3O5S2/c1-3-4-17-40-24-15-7-20(8-16-24)26-25(27(36)21-9-13-23(39-2)14-10-21)28(37)29(38)35(26)30-33-34-31(42-30)41-18-19-5-11-22(32)12-6-19/h5-16,26,36H,3-4,17-18H2,1-2H3/b27-25-. The lowest BCUT2D eigenvalue weighted by molar-refractivity contribution is -0.132. The molecule has 0 spiro atoms. The van der Waals surface area contributed by atoms with Crippen LogP contribution in [0.15, 0.2) is 82.7 Å². The normalized spacial score (nSPS) is 16.2. The highest BCUT2D eigenvalue weighted by molar-refractivity contribution is 8.00. The van der Waals surface area contributed by atoms with E-state index in [-0.39, 0.29) is 16.5 Å². The number of ether oxygens (including phenoxy) is 2. The predicted molar refractivity (Wildman–Crippen MR) is 166 cm³/mol. The smallest absolute Gasteiger partial charge is 0.301 e. The maximum atomic E-state index is 13.5. The number of ketones is 1. The van der Waals surface area contributed by atoms with Gasteiger partial charge in [0.15, 0.2) is 4.34 Å². The average molecular weight is 622 g/mol. The Kier molecular flexibility index (Phi) is 9.46. The second-order valence-electron chi connectivity index (χ2n) is 9.43. The van der Waals surface area contributed by atoms with Crippen LogP contribution in [0.2, 0.25) is 5.02 Å². The van der Waals surface area contributed by atoms with Crippen molar-refractivity contribution in [3.63, 3.8) is 0 Å². The number of rotatable bonds is 11. The number of anilines is 1. The van der Waals surface area contributed by atoms with E-state index < -0.39 is 17.7 Å². The topological polar surface area (TPSA) is 102 Å². The molecule has 0 aliphatic carbocycles. The van der Waals surface area contributed by atoms with E-state index >= 15 is 0 Å². The van der Waals surface area contributed by atoms with E-state index in [9.17, 15) is 14.7 Å². The molecule has 1 aliphatic heterocycles. The van der Waals surface area contributed by atoms with Crippen molar-refractivity contribution < 1.29 is 24.2 Å². The Balaban J connectivity index is 1.50. The summed E-state index contributed by atoms with van der Waals surface area (Å²) in [6.45, 7) is 2.68. The number of carbonyl (C=O) groups is 2. The van der Waals surface area contributed by atoms with Crippen LogP contribution < -0.4 is 14.4 Å². The Bertz CT molecular complexity index is 1590. The van der Waals surface area contributed by atoms with Gasteiger partial charge in [-0.05, 0) is 66.1 Å². The van der Waals surface area contributed by atoms with Gasteiger partial charge in [0.25, 0.3) is 5.78 Å². The Morgan fingerprint density at radius 1 is 1.00 bits per heavy atom. The zero-order valence-electron chi connectivity index (χ0n) is 23.0. The van der Waals surface area contributed by atoms with E-state index in [0.29, 0.717) is 44.3 Å². The minimum Gasteiger partial charge on any atom is -0.507 e. The number of unbranched alkanes of at least 4 members (excludes halogenated alkanes) is 1. The number of hydrogen-bond acceptors (Lipinski definition) is 9. The number of methoxy groups -OCH3 is 1. The van der Waals surface area contributed by atoms with Crippen molar-refractivity contribution in [3.05, 3.63) is 100 Å². The van der Waals surface area contributed by atoms with Crippen molar-refractivity contribution in [2.75, 3.05) is 18.6 Å². The second-order valence-corrected chi connectivity index (χ2v) is 12.0. The maximum absolute atomic E-state index is 13.5. The Hall–Kier alpha value is -3.86. The number of carbonyl (C=O) groups excluding carboxylic acids is 2. The first-order valence-electron chi connectivity index (χ1n) is 13.3. The lowest BCUT2D eigenvalue weighted by Gasteiger charge is -2.22. The fraction of sp³-hybridized carbons (Fsp3) is 0.226. The summed E-state index contributed by atoms with van der Waals surface area (Å²) in [5.74, 6) is 0.0284. The number of halogens is 1. The number of nitrogens with zero attached hydrogens (tertiary/aromatic N) is 3. The summed E-state index contributed by atoms with van der Waals surface area (Å²) in [7, 11) is 1.54. The third-order valence-corrected chi connectivity index (χ3v) is 9.03. The lowest BCUT2D eigenvalue weighted by atomic mass is 9.95. The highest BCUT2D eigenvalue weighted by atomic mass is 35.5. The van der Waals surface area contributed by atoms with Crippen molar-refractivity contribution in [2.45, 2.75) is 35.9 Å². The Labute approximate surface area is 257 Å². The summed E-state index contributed by atoms with van der Waals surface area (Å²) in [5.41, 5.74) is 2.03. The van der Waals surface area contributed by atoms with Gasteiger partial charge in [0.1, 0.15) is 17.3 Å². The van der Waals surface area contributed by atoms with Gasteiger partial charge in [0, 0.05) is 16.3 Å². The number of amides is 1. The van der Waals surface area contributed by atoms with E-state index in [1.54, 1.807) is 55.6 Å². The minimum atomic E-state index is -0.918. The third kappa shape index (κ3) is 6.46. The van der Waals surface area contributed by atoms with Crippen LogP contribution in [0.4, 0.5) is 5.13 Å². The van der Waals surface area contributed by atoms with E-state index in [0.717, 1.165) is 18.4 Å². The van der Waals surface area contributed by atoms with Gasteiger partial charge in [-0.25, -0.2) is 0 Å². The maximum Gasteiger partial charge on any atom is 0.301 e. The molecule has 1 aromatic heterocycles. The molecule has 1 aliphatic rings. The van der Waals surface area contributed by atoms with Crippen LogP contribution in [0.1, 0.15) is 42.5 Å². The largest absolute Gasteiger partial charge is 0.507 e. The molecule has 8 nitrogen and oxygen atoms in total. The molecule has 1 N–H and O–H groups in total. The number of benzene rings is 3. The van der Waals surface area contributed by atoms with Crippen molar-refractivity contribution >= 4 is 57.3 Å². The number of thioether (sulfide) groups is 1. The first-order valence-corrected chi connectivity index (χ1v) is 15.5. The van der Waals surface area contributed by atoms with Gasteiger partial charge in [-0.1, -0.05) is 72.3 Å². The number of aliphatic hydroxyl groups is 1. The summed E-state index contributed by atoms with van der Waals surface area (Å²) >= 11 is 8.67. The van der Waals surface area contributed by atoms with Gasteiger partial charge in [-0.15, -0.1) is 10.2 Å². The van der Waals surface area contributed by atoms with Crippen LogP contribution in [-0.4, -0.2) is 40.7 Å². The van der Waals surface area contributed by atoms with Crippen molar-refractivity contribution in [3.8, 4) is 11.5 Å². The van der Waals surface area contributed by atoms with Crippen molar-refractivity contribution in [1.29, 1.82) is 0 Å². The molecule has 0 radical (unpaired) electrons. The van der Waals surface area contributed by atoms with Crippen LogP contribution in [0, 0.1) is 0 Å². The minimum absolute atomic E-state index is 0.0321. The molecule has 1 unspecified atom stereocenters. The fourth-order valence-corrected chi connectivity index (χ4v) is 6.36. The second kappa shape index (κ2) is 13.4. The quantitative estimate of drug-likeness (QED) is 0.0465. The first-order chi connectivity index (χ1) is 20.4. The van der Waals surface area contributed by atoms with E-state index in [1.165, 1.54) is 28.0 Å². The third-order valence-electron chi connectivity index (χ3n) is 6.65. The molecule has 11 heteroatoms. The summed E-state index contributed by atoms with van der Waals surface area (Å²) in [6, 6.07) is 20.4. The molecule has 2 heterocycles. The van der Waals surface area contributed by atoms with Gasteiger partial charge in [0.2, 0.25) is 5.13 Å².